The third-order valence-corrected chi connectivity index (χ3v) is 24.1. The molecule has 0 spiro atoms. The highest BCUT2D eigenvalue weighted by atomic mass is 32.2. The Hall–Kier alpha value is -2.36. The number of ether oxygens (including phenoxy) is 1. The van der Waals surface area contributed by atoms with Crippen LogP contribution in [0.1, 0.15) is 93.9 Å². The highest BCUT2D eigenvalue weighted by Gasteiger charge is 2.60. The van der Waals surface area contributed by atoms with Gasteiger partial charge in [-0.1, -0.05) is 152 Å². The maximum absolute atomic E-state index is 7.81. The molecule has 4 atom stereocenters. The molecular weight excluding hydrogens is 713 g/mol. The van der Waals surface area contributed by atoms with Gasteiger partial charge in [-0.25, -0.2) is 0 Å². The summed E-state index contributed by atoms with van der Waals surface area (Å²) in [5, 5.41) is 2.85. The van der Waals surface area contributed by atoms with Crippen molar-refractivity contribution in [3.63, 3.8) is 0 Å². The van der Waals surface area contributed by atoms with E-state index in [2.05, 4.69) is 166 Å². The van der Waals surface area contributed by atoms with Crippen LogP contribution >= 0.6 is 11.8 Å². The predicted molar refractivity (Wildman–Crippen MR) is 236 cm³/mol. The molecule has 3 aromatic carbocycles. The monoisotopic (exact) mass is 780 g/mol. The van der Waals surface area contributed by atoms with Gasteiger partial charge in [-0.3, -0.25) is 0 Å². The third-order valence-electron chi connectivity index (χ3n) is 13.3. The molecule has 0 N–H and O–H groups in total. The van der Waals surface area contributed by atoms with Gasteiger partial charge in [0.2, 0.25) is 0 Å². The summed E-state index contributed by atoms with van der Waals surface area (Å²) >= 11 is 2.01. The van der Waals surface area contributed by atoms with Crippen molar-refractivity contribution < 1.29 is 13.6 Å². The van der Waals surface area contributed by atoms with Gasteiger partial charge in [0.05, 0.1) is 12.4 Å². The first-order valence-corrected chi connectivity index (χ1v) is 26.4. The molecule has 0 amide bonds. The standard InChI is InChI=1S/C48H68O3SSi2/c1-36(2)34-49-44-33-37(35-51-54(47(6,7)8,39-23-16-12-17-24-39)40-25-18-13-19-26-40)41-27-28-43-45(52-38-21-14-11-15-22-38)30-29-42(44)48(41,43)31-20-32-50-53(9,10)46(3,4)5/h11-19,21-26,30,36-37,41,43H,20,27-29,31-35H2,1-10H3/t37-,41-,43+,48-/m1/s1. The molecule has 0 radical (unpaired) electrons. The van der Waals surface area contributed by atoms with Crippen molar-refractivity contribution in [2.24, 2.45) is 29.1 Å². The van der Waals surface area contributed by atoms with Gasteiger partial charge >= 0.3 is 0 Å². The molecule has 3 nitrogen and oxygen atoms in total. The summed E-state index contributed by atoms with van der Waals surface area (Å²) in [5.74, 6) is 3.14. The molecule has 0 aromatic heterocycles. The molecule has 6 heteroatoms. The fourth-order valence-corrected chi connectivity index (χ4v) is 16.7. The van der Waals surface area contributed by atoms with Crippen LogP contribution in [0.5, 0.6) is 0 Å². The van der Waals surface area contributed by atoms with Crippen molar-refractivity contribution in [3.05, 3.63) is 113 Å². The average Bonchev–Trinajstić information content (AvgIpc) is 3.53. The van der Waals surface area contributed by atoms with Crippen molar-refractivity contribution in [2.75, 3.05) is 19.8 Å². The highest BCUT2D eigenvalue weighted by Crippen LogP contribution is 2.68. The van der Waals surface area contributed by atoms with E-state index in [1.807, 2.05) is 11.8 Å². The molecule has 0 aliphatic heterocycles. The van der Waals surface area contributed by atoms with E-state index in [1.165, 1.54) is 33.9 Å². The minimum Gasteiger partial charge on any atom is -0.498 e. The molecular formula is C48H68O3SSi2. The molecule has 3 aromatic rings. The summed E-state index contributed by atoms with van der Waals surface area (Å²) in [5.41, 5.74) is 1.65. The number of hydrogen-bond acceptors (Lipinski definition) is 4. The first-order chi connectivity index (χ1) is 25.6. The van der Waals surface area contributed by atoms with E-state index in [1.54, 1.807) is 10.5 Å². The minimum absolute atomic E-state index is 0.0483. The van der Waals surface area contributed by atoms with Crippen LogP contribution in [0.15, 0.2) is 118 Å². The van der Waals surface area contributed by atoms with E-state index in [-0.39, 0.29) is 15.5 Å². The summed E-state index contributed by atoms with van der Waals surface area (Å²) in [4.78, 5) is 2.91. The largest absolute Gasteiger partial charge is 0.498 e. The number of allylic oxidation sites excluding steroid dienone is 4. The smallest absolute Gasteiger partial charge is 0.261 e. The zero-order valence-corrected chi connectivity index (χ0v) is 37.9. The Morgan fingerprint density at radius 1 is 0.778 bits per heavy atom. The van der Waals surface area contributed by atoms with Crippen LogP contribution in [0.25, 0.3) is 0 Å². The van der Waals surface area contributed by atoms with Crippen LogP contribution in [0.4, 0.5) is 0 Å². The Morgan fingerprint density at radius 2 is 1.37 bits per heavy atom. The van der Waals surface area contributed by atoms with Crippen molar-refractivity contribution in [3.8, 4) is 0 Å². The minimum atomic E-state index is -2.71. The quantitative estimate of drug-likeness (QED) is 0.113. The molecule has 3 aliphatic carbocycles. The van der Waals surface area contributed by atoms with Gasteiger partial charge in [0.25, 0.3) is 8.32 Å². The van der Waals surface area contributed by atoms with Crippen molar-refractivity contribution in [1.29, 1.82) is 0 Å². The highest BCUT2D eigenvalue weighted by molar-refractivity contribution is 8.03. The summed E-state index contributed by atoms with van der Waals surface area (Å²) in [6, 6.07) is 33.4. The van der Waals surface area contributed by atoms with Crippen molar-refractivity contribution >= 4 is 38.8 Å². The Morgan fingerprint density at radius 3 is 1.93 bits per heavy atom. The summed E-state index contributed by atoms with van der Waals surface area (Å²) in [7, 11) is -4.57. The second-order valence-corrected chi connectivity index (χ2v) is 29.5. The third kappa shape index (κ3) is 8.21. The lowest BCUT2D eigenvalue weighted by molar-refractivity contribution is 0.0355. The Kier molecular flexibility index (Phi) is 12.7. The second kappa shape index (κ2) is 16.6. The van der Waals surface area contributed by atoms with Crippen LogP contribution in [0.2, 0.25) is 23.2 Å². The van der Waals surface area contributed by atoms with Crippen LogP contribution in [0.3, 0.4) is 0 Å². The maximum atomic E-state index is 7.81. The Bertz CT molecular complexity index is 1700. The van der Waals surface area contributed by atoms with Crippen LogP contribution < -0.4 is 10.4 Å². The predicted octanol–water partition coefficient (Wildman–Crippen LogP) is 12.4. The zero-order valence-electron chi connectivity index (χ0n) is 35.0. The molecule has 54 heavy (non-hydrogen) atoms. The maximum Gasteiger partial charge on any atom is 0.261 e. The molecule has 292 valence electrons. The molecule has 0 bridgehead atoms. The number of hydrogen-bond donors (Lipinski definition) is 0. The molecule has 3 aliphatic rings. The van der Waals surface area contributed by atoms with Gasteiger partial charge in [0.15, 0.2) is 8.32 Å². The molecule has 0 saturated heterocycles. The fraction of sp³-hybridized carbons (Fsp3) is 0.542. The van der Waals surface area contributed by atoms with Crippen LogP contribution in [-0.4, -0.2) is 36.5 Å². The first kappa shape index (κ1) is 41.3. The number of thioether (sulfide) groups is 1. The van der Waals surface area contributed by atoms with E-state index in [0.29, 0.717) is 23.7 Å². The van der Waals surface area contributed by atoms with Gasteiger partial charge in [-0.15, -0.1) is 0 Å². The van der Waals surface area contributed by atoms with E-state index >= 15 is 0 Å². The average molecular weight is 781 g/mol. The van der Waals surface area contributed by atoms with Crippen LogP contribution in [0, 0.1) is 29.1 Å². The SMILES string of the molecule is CC(C)COC1=C2CC=C(Sc3ccccc3)[C@@H]3CC[C@H]([C@@H](CO[Si](c4ccccc4)(c4ccccc4)C(C)(C)C)C1)[C@]23CCCO[Si](C)(C)C(C)(C)C. The van der Waals surface area contributed by atoms with Gasteiger partial charge in [0, 0.05) is 29.9 Å². The van der Waals surface area contributed by atoms with E-state index in [4.69, 9.17) is 13.6 Å². The van der Waals surface area contributed by atoms with E-state index < -0.39 is 16.6 Å². The molecule has 1 saturated carbocycles. The first-order valence-electron chi connectivity index (χ1n) is 20.8. The summed E-state index contributed by atoms with van der Waals surface area (Å²) < 4.78 is 21.7. The van der Waals surface area contributed by atoms with Crippen molar-refractivity contribution in [2.45, 2.75) is 122 Å². The zero-order chi connectivity index (χ0) is 38.8. The summed E-state index contributed by atoms with van der Waals surface area (Å²) in [6.07, 6.45) is 9.19. The Labute approximate surface area is 335 Å². The topological polar surface area (TPSA) is 27.7 Å². The lowest BCUT2D eigenvalue weighted by atomic mass is 9.55. The molecule has 1 fully saturated rings. The van der Waals surface area contributed by atoms with E-state index in [9.17, 15) is 0 Å². The lowest BCUT2D eigenvalue weighted by Gasteiger charge is -2.53. The summed E-state index contributed by atoms with van der Waals surface area (Å²) in [6.45, 7) is 26.0. The fourth-order valence-electron chi connectivity index (χ4n) is 9.76. The second-order valence-electron chi connectivity index (χ2n) is 19.3. The van der Waals surface area contributed by atoms with Crippen LogP contribution in [-0.2, 0) is 13.6 Å². The lowest BCUT2D eigenvalue weighted by Crippen LogP contribution is -2.67. The van der Waals surface area contributed by atoms with Crippen molar-refractivity contribution in [1.82, 2.24) is 0 Å². The van der Waals surface area contributed by atoms with Gasteiger partial charge in [-0.2, -0.15) is 0 Å². The normalized spacial score (nSPS) is 23.4. The van der Waals surface area contributed by atoms with Gasteiger partial charge in [-0.05, 0) is 112 Å². The van der Waals surface area contributed by atoms with E-state index in [0.717, 1.165) is 45.5 Å². The Balaban J connectivity index is 1.41. The molecule has 6 rings (SSSR count). The van der Waals surface area contributed by atoms with Gasteiger partial charge < -0.3 is 13.6 Å². The molecule has 0 unspecified atom stereocenters. The number of benzene rings is 3. The van der Waals surface area contributed by atoms with Gasteiger partial charge in [0.1, 0.15) is 0 Å². The number of rotatable bonds is 15. The molecule has 0 heterocycles.